The van der Waals surface area contributed by atoms with E-state index < -0.39 is 6.03 Å². The van der Waals surface area contributed by atoms with E-state index in [0.717, 1.165) is 15.9 Å². The van der Waals surface area contributed by atoms with E-state index in [2.05, 4.69) is 31.5 Å². The van der Waals surface area contributed by atoms with Gasteiger partial charge in [-0.3, -0.25) is 9.20 Å². The highest BCUT2D eigenvalue weighted by Crippen LogP contribution is 2.35. The Kier molecular flexibility index (Phi) is 9.89. The van der Waals surface area contributed by atoms with Crippen LogP contribution in [0.3, 0.4) is 0 Å². The lowest BCUT2D eigenvalue weighted by Crippen LogP contribution is -2.40. The van der Waals surface area contributed by atoms with Crippen LogP contribution < -0.4 is 20.3 Å². The van der Waals surface area contributed by atoms with Crippen LogP contribution in [0, 0.1) is 13.8 Å². The minimum absolute atomic E-state index is 0. The van der Waals surface area contributed by atoms with Crippen molar-refractivity contribution in [2.24, 2.45) is 0 Å². The van der Waals surface area contributed by atoms with Crippen LogP contribution in [0.5, 0.6) is 5.75 Å². The fourth-order valence-corrected chi connectivity index (χ4v) is 4.64. The van der Waals surface area contributed by atoms with Gasteiger partial charge in [0.15, 0.2) is 11.4 Å². The lowest BCUT2D eigenvalue weighted by molar-refractivity contribution is -0.117. The number of ether oxygens (including phenoxy) is 1. The molecular weight excluding hydrogens is 617 g/mol. The van der Waals surface area contributed by atoms with Crippen LogP contribution in [-0.2, 0) is 11.4 Å². The fraction of sp³-hybridized carbons (Fsp3) is 0.192. The maximum absolute atomic E-state index is 12.8. The summed E-state index contributed by atoms with van der Waals surface area (Å²) in [5, 5.41) is 5.99. The lowest BCUT2D eigenvalue weighted by atomic mass is 10.2. The number of hydrogen-bond donors (Lipinski definition) is 2. The number of carbonyl (C=O) groups excluding carboxylic acids is 2. The molecule has 2 aromatic heterocycles. The highest BCUT2D eigenvalue weighted by atomic mass is 79.9. The van der Waals surface area contributed by atoms with Gasteiger partial charge in [-0.05, 0) is 65.7 Å². The number of carbonyl (C=O) groups is 2. The molecule has 8 nitrogen and oxygen atoms in total. The first-order valence-corrected chi connectivity index (χ1v) is 12.8. The van der Waals surface area contributed by atoms with E-state index in [-0.39, 0.29) is 36.5 Å². The van der Waals surface area contributed by atoms with Crippen molar-refractivity contribution in [3.63, 3.8) is 0 Å². The topological polar surface area (TPSA) is 88.0 Å². The minimum atomic E-state index is -0.484. The van der Waals surface area contributed by atoms with E-state index in [0.29, 0.717) is 33.4 Å². The summed E-state index contributed by atoms with van der Waals surface area (Å²) in [6.45, 7) is 3.61. The average molecular weight is 642 g/mol. The van der Waals surface area contributed by atoms with Crippen molar-refractivity contribution in [1.29, 1.82) is 0 Å². The van der Waals surface area contributed by atoms with Crippen LogP contribution in [0.1, 0.15) is 16.8 Å². The number of anilines is 2. The van der Waals surface area contributed by atoms with Crippen molar-refractivity contribution in [3.8, 4) is 5.75 Å². The molecule has 0 radical (unpaired) electrons. The molecule has 0 aliphatic carbocycles. The summed E-state index contributed by atoms with van der Waals surface area (Å²) in [6, 6.07) is 13.8. The number of fused-ring (bicyclic) bond motifs is 1. The first-order chi connectivity index (χ1) is 17.7. The Bertz CT molecular complexity index is 1490. The van der Waals surface area contributed by atoms with Crippen LogP contribution in [0.25, 0.3) is 5.65 Å². The fourth-order valence-electron chi connectivity index (χ4n) is 3.65. The van der Waals surface area contributed by atoms with Crippen molar-refractivity contribution in [3.05, 3.63) is 86.2 Å². The molecule has 0 fully saturated rings. The molecule has 2 N–H and O–H groups in total. The Morgan fingerprint density at radius 3 is 2.58 bits per heavy atom. The third-order valence-corrected chi connectivity index (χ3v) is 7.51. The Hall–Kier alpha value is -2.98. The Balaban J connectivity index is 0.00000400. The summed E-state index contributed by atoms with van der Waals surface area (Å²) in [7, 11) is 1.58. The number of para-hydroxylation sites is 1. The molecule has 0 bridgehead atoms. The van der Waals surface area contributed by atoms with Crippen LogP contribution in [0.15, 0.2) is 59.3 Å². The minimum Gasteiger partial charge on any atom is -0.485 e. The Labute approximate surface area is 244 Å². The number of nitrogens with one attached hydrogen (secondary N) is 2. The van der Waals surface area contributed by atoms with Gasteiger partial charge < -0.3 is 20.3 Å². The third-order valence-electron chi connectivity index (χ3n) is 5.78. The first kappa shape index (κ1) is 29.6. The number of pyridine rings is 1. The molecule has 0 saturated carbocycles. The molecule has 2 heterocycles. The van der Waals surface area contributed by atoms with Gasteiger partial charge in [-0.25, -0.2) is 9.78 Å². The zero-order valence-electron chi connectivity index (χ0n) is 20.7. The lowest BCUT2D eigenvalue weighted by Gasteiger charge is -2.21. The van der Waals surface area contributed by atoms with Crippen molar-refractivity contribution >= 4 is 80.5 Å². The van der Waals surface area contributed by atoms with Gasteiger partial charge in [-0.2, -0.15) is 0 Å². The maximum Gasteiger partial charge on any atom is 0.319 e. The van der Waals surface area contributed by atoms with Gasteiger partial charge in [0, 0.05) is 29.5 Å². The summed E-state index contributed by atoms with van der Waals surface area (Å²) >= 11 is 16.6. The molecule has 38 heavy (non-hydrogen) atoms. The number of amides is 3. The number of likely N-dealkylation sites (N-methyl/N-ethyl adjacent to an activating group) is 1. The predicted molar refractivity (Wildman–Crippen MR) is 157 cm³/mol. The van der Waals surface area contributed by atoms with Crippen LogP contribution in [0.4, 0.5) is 16.2 Å². The Morgan fingerprint density at radius 2 is 1.84 bits per heavy atom. The number of aromatic nitrogens is 2. The average Bonchev–Trinajstić information content (AvgIpc) is 3.17. The van der Waals surface area contributed by atoms with Crippen LogP contribution in [0.2, 0.25) is 10.0 Å². The summed E-state index contributed by atoms with van der Waals surface area (Å²) in [5.41, 5.74) is 4.02. The van der Waals surface area contributed by atoms with Crippen molar-refractivity contribution < 1.29 is 14.3 Å². The zero-order valence-corrected chi connectivity index (χ0v) is 24.6. The highest BCUT2D eigenvalue weighted by molar-refractivity contribution is 9.10. The summed E-state index contributed by atoms with van der Waals surface area (Å²) in [6.07, 6.45) is 1.88. The second-order valence-corrected chi connectivity index (χ2v) is 9.81. The Morgan fingerprint density at radius 1 is 1.11 bits per heavy atom. The number of urea groups is 1. The quantitative estimate of drug-likeness (QED) is 0.232. The molecule has 2 aromatic carbocycles. The summed E-state index contributed by atoms with van der Waals surface area (Å²) in [5.74, 6) is 0.195. The molecule has 4 aromatic rings. The largest absolute Gasteiger partial charge is 0.485 e. The second-order valence-electron chi connectivity index (χ2n) is 8.28. The monoisotopic (exact) mass is 639 g/mol. The number of benzene rings is 2. The normalized spacial score (nSPS) is 10.6. The van der Waals surface area contributed by atoms with E-state index in [4.69, 9.17) is 27.9 Å². The van der Waals surface area contributed by atoms with E-state index in [9.17, 15) is 9.59 Å². The summed E-state index contributed by atoms with van der Waals surface area (Å²) in [4.78, 5) is 31.0. The molecule has 4 rings (SSSR count). The number of nitrogens with zero attached hydrogens (tertiary/aromatic N) is 3. The molecule has 0 spiro atoms. The zero-order chi connectivity index (χ0) is 26.7. The smallest absolute Gasteiger partial charge is 0.319 e. The van der Waals surface area contributed by atoms with E-state index in [1.165, 1.54) is 4.90 Å². The molecule has 0 aliphatic heterocycles. The van der Waals surface area contributed by atoms with Crippen LogP contribution >= 0.6 is 51.5 Å². The van der Waals surface area contributed by atoms with E-state index in [1.54, 1.807) is 25.2 Å². The number of hydrogen-bond acceptors (Lipinski definition) is 4. The molecule has 3 amide bonds. The van der Waals surface area contributed by atoms with E-state index >= 15 is 0 Å². The number of rotatable bonds is 7. The molecule has 0 atom stereocenters. The SMILES string of the molecule is Cc1ccccc1NC(=O)NCC(=O)N(C)c1ccc(Cl)c(COc2cccn3c(Br)c(C)nc23)c1Cl.Cl. The summed E-state index contributed by atoms with van der Waals surface area (Å²) < 4.78 is 8.75. The van der Waals surface area contributed by atoms with Crippen molar-refractivity contribution in [2.75, 3.05) is 23.8 Å². The molecular formula is C26H25BrCl3N5O3. The second kappa shape index (κ2) is 12.7. The molecule has 0 saturated heterocycles. The highest BCUT2D eigenvalue weighted by Gasteiger charge is 2.20. The molecule has 12 heteroatoms. The van der Waals surface area contributed by atoms with Crippen molar-refractivity contribution in [1.82, 2.24) is 14.7 Å². The van der Waals surface area contributed by atoms with Gasteiger partial charge in [-0.15, -0.1) is 12.4 Å². The number of aryl methyl sites for hydroxylation is 2. The predicted octanol–water partition coefficient (Wildman–Crippen LogP) is 6.81. The van der Waals surface area contributed by atoms with Gasteiger partial charge in [0.2, 0.25) is 5.91 Å². The van der Waals surface area contributed by atoms with E-state index in [1.807, 2.05) is 54.8 Å². The molecule has 0 unspecified atom stereocenters. The standard InChI is InChI=1S/C26H24BrCl2N5O3.ClH/c1-15-7-4-5-8-19(15)32-26(36)30-13-22(35)33(3)20-11-10-18(28)17(23(20)29)14-37-21-9-6-12-34-24(27)16(2)31-25(21)34;/h4-12H,13-14H2,1-3H3,(H2,30,32,36);1H. The van der Waals surface area contributed by atoms with Gasteiger partial charge >= 0.3 is 6.03 Å². The molecule has 200 valence electrons. The van der Waals surface area contributed by atoms with Gasteiger partial charge in [0.1, 0.15) is 11.2 Å². The third kappa shape index (κ3) is 6.35. The van der Waals surface area contributed by atoms with Gasteiger partial charge in [-0.1, -0.05) is 41.4 Å². The van der Waals surface area contributed by atoms with Gasteiger partial charge in [0.05, 0.1) is 22.9 Å². The maximum atomic E-state index is 12.8. The number of imidazole rings is 1. The number of halogens is 4. The van der Waals surface area contributed by atoms with Crippen LogP contribution in [-0.4, -0.2) is 34.9 Å². The van der Waals surface area contributed by atoms with Crippen molar-refractivity contribution in [2.45, 2.75) is 20.5 Å². The van der Waals surface area contributed by atoms with Gasteiger partial charge in [0.25, 0.3) is 0 Å². The molecule has 0 aliphatic rings. The first-order valence-electron chi connectivity index (χ1n) is 11.3.